The maximum atomic E-state index is 10.7. The van der Waals surface area contributed by atoms with Crippen molar-refractivity contribution in [1.29, 1.82) is 0 Å². The van der Waals surface area contributed by atoms with Crippen LogP contribution in [0.15, 0.2) is 12.4 Å². The minimum atomic E-state index is -0.317. The highest BCUT2D eigenvalue weighted by Crippen LogP contribution is 2.08. The molecule has 0 bridgehead atoms. The molecule has 0 saturated heterocycles. The average Bonchev–Trinajstić information content (AvgIpc) is 2.17. The minimum Gasteiger partial charge on any atom is -0.370 e. The van der Waals surface area contributed by atoms with Crippen molar-refractivity contribution in [2.24, 2.45) is 5.73 Å². The molecule has 16 heavy (non-hydrogen) atoms. The van der Waals surface area contributed by atoms with Gasteiger partial charge in [-0.15, -0.1) is 0 Å². The van der Waals surface area contributed by atoms with E-state index in [1.807, 2.05) is 13.0 Å². The van der Waals surface area contributed by atoms with Crippen LogP contribution in [0.5, 0.6) is 0 Å². The van der Waals surface area contributed by atoms with E-state index in [1.165, 1.54) is 6.33 Å². The van der Waals surface area contributed by atoms with Gasteiger partial charge in [0.15, 0.2) is 0 Å². The van der Waals surface area contributed by atoms with Gasteiger partial charge in [-0.3, -0.25) is 4.79 Å². The number of hydrogen-bond acceptors (Lipinski definition) is 4. The number of rotatable bonds is 6. The quantitative estimate of drug-likeness (QED) is 0.755. The fourth-order valence-electron chi connectivity index (χ4n) is 1.47. The number of nitrogens with two attached hydrogens (primary N) is 1. The number of aryl methyl sites for hydroxylation is 1. The molecule has 0 radical (unpaired) electrons. The molecule has 5 nitrogen and oxygen atoms in total. The van der Waals surface area contributed by atoms with Gasteiger partial charge in [-0.2, -0.15) is 0 Å². The van der Waals surface area contributed by atoms with E-state index in [4.69, 9.17) is 5.73 Å². The van der Waals surface area contributed by atoms with Crippen molar-refractivity contribution < 1.29 is 4.79 Å². The fraction of sp³-hybridized carbons (Fsp3) is 0.545. The summed E-state index contributed by atoms with van der Waals surface area (Å²) in [5.41, 5.74) is 6.12. The molecule has 88 valence electrons. The molecular formula is C11H18N4O. The average molecular weight is 222 g/mol. The van der Waals surface area contributed by atoms with Crippen molar-refractivity contribution >= 4 is 11.7 Å². The molecular weight excluding hydrogens is 204 g/mol. The molecule has 1 aromatic rings. The van der Waals surface area contributed by atoms with Crippen LogP contribution in [0.2, 0.25) is 0 Å². The van der Waals surface area contributed by atoms with Crippen LogP contribution in [0.25, 0.3) is 0 Å². The number of carbonyl (C=O) groups excluding carboxylic acids is 1. The van der Waals surface area contributed by atoms with E-state index in [9.17, 15) is 4.79 Å². The lowest BCUT2D eigenvalue weighted by Gasteiger charge is -2.12. The minimum absolute atomic E-state index is 0.0122. The molecule has 1 atom stereocenters. The Morgan fingerprint density at radius 2 is 2.31 bits per heavy atom. The first-order chi connectivity index (χ1) is 7.61. The molecule has 1 unspecified atom stereocenters. The van der Waals surface area contributed by atoms with E-state index in [0.29, 0.717) is 6.42 Å². The van der Waals surface area contributed by atoms with Crippen LogP contribution in [0, 0.1) is 0 Å². The Bertz CT molecular complexity index is 354. The van der Waals surface area contributed by atoms with Crippen LogP contribution in [0.3, 0.4) is 0 Å². The molecule has 3 N–H and O–H groups in total. The second-order valence-electron chi connectivity index (χ2n) is 3.86. The van der Waals surface area contributed by atoms with Gasteiger partial charge in [0.05, 0.1) is 0 Å². The summed E-state index contributed by atoms with van der Waals surface area (Å²) in [5.74, 6) is 0.426. The number of nitrogens with zero attached hydrogens (tertiary/aromatic N) is 2. The molecule has 1 aromatic heterocycles. The van der Waals surface area contributed by atoms with Gasteiger partial charge in [-0.1, -0.05) is 13.3 Å². The molecule has 0 aliphatic heterocycles. The Kier molecular flexibility index (Phi) is 4.69. The summed E-state index contributed by atoms with van der Waals surface area (Å²) >= 11 is 0. The van der Waals surface area contributed by atoms with Crippen LogP contribution < -0.4 is 11.1 Å². The van der Waals surface area contributed by atoms with Crippen LogP contribution >= 0.6 is 0 Å². The maximum absolute atomic E-state index is 10.7. The van der Waals surface area contributed by atoms with Crippen molar-refractivity contribution in [2.75, 3.05) is 5.32 Å². The third kappa shape index (κ3) is 4.25. The molecule has 0 saturated carbocycles. The topological polar surface area (TPSA) is 80.9 Å². The van der Waals surface area contributed by atoms with Crippen molar-refractivity contribution in [1.82, 2.24) is 9.97 Å². The lowest BCUT2D eigenvalue weighted by molar-refractivity contribution is -0.118. The summed E-state index contributed by atoms with van der Waals surface area (Å²) in [5, 5.41) is 3.12. The van der Waals surface area contributed by atoms with E-state index in [-0.39, 0.29) is 11.9 Å². The Morgan fingerprint density at radius 1 is 1.56 bits per heavy atom. The standard InChI is InChI=1S/C11H18N4O/c1-3-4-9-6-11(14-7-13-9)15-8(2)5-10(12)16/h6-8H,3-5H2,1-2H3,(H2,12,16)(H,13,14,15). The van der Waals surface area contributed by atoms with E-state index in [2.05, 4.69) is 22.2 Å². The fourth-order valence-corrected chi connectivity index (χ4v) is 1.47. The first-order valence-corrected chi connectivity index (χ1v) is 5.47. The molecule has 0 fully saturated rings. The van der Waals surface area contributed by atoms with Gasteiger partial charge in [-0.05, 0) is 13.3 Å². The van der Waals surface area contributed by atoms with E-state index < -0.39 is 0 Å². The van der Waals surface area contributed by atoms with Crippen molar-refractivity contribution in [2.45, 2.75) is 39.2 Å². The lowest BCUT2D eigenvalue weighted by atomic mass is 10.2. The Hall–Kier alpha value is -1.65. The summed E-state index contributed by atoms with van der Waals surface area (Å²) in [6.07, 6.45) is 3.81. The SMILES string of the molecule is CCCc1cc(NC(C)CC(N)=O)ncn1. The third-order valence-electron chi connectivity index (χ3n) is 2.13. The number of anilines is 1. The largest absolute Gasteiger partial charge is 0.370 e. The molecule has 0 aliphatic carbocycles. The second-order valence-corrected chi connectivity index (χ2v) is 3.86. The highest BCUT2D eigenvalue weighted by Gasteiger charge is 2.06. The normalized spacial score (nSPS) is 12.1. The van der Waals surface area contributed by atoms with Crippen molar-refractivity contribution in [3.63, 3.8) is 0 Å². The number of amides is 1. The number of primary amides is 1. The Balaban J connectivity index is 2.59. The molecule has 0 aliphatic rings. The van der Waals surface area contributed by atoms with Gasteiger partial charge in [-0.25, -0.2) is 9.97 Å². The predicted molar refractivity (Wildman–Crippen MR) is 62.9 cm³/mol. The predicted octanol–water partition coefficient (Wildman–Crippen LogP) is 1.10. The highest BCUT2D eigenvalue weighted by atomic mass is 16.1. The summed E-state index contributed by atoms with van der Waals surface area (Å²) in [6.45, 7) is 4.00. The van der Waals surface area contributed by atoms with Gasteiger partial charge in [0, 0.05) is 24.2 Å². The zero-order chi connectivity index (χ0) is 12.0. The molecule has 1 heterocycles. The Morgan fingerprint density at radius 3 is 2.94 bits per heavy atom. The van der Waals surface area contributed by atoms with Crippen molar-refractivity contribution in [3.05, 3.63) is 18.1 Å². The van der Waals surface area contributed by atoms with Gasteiger partial charge < -0.3 is 11.1 Å². The highest BCUT2D eigenvalue weighted by molar-refractivity contribution is 5.74. The second kappa shape index (κ2) is 6.05. The van der Waals surface area contributed by atoms with E-state index in [0.717, 1.165) is 24.4 Å². The van der Waals surface area contributed by atoms with Gasteiger partial charge >= 0.3 is 0 Å². The zero-order valence-corrected chi connectivity index (χ0v) is 9.73. The van der Waals surface area contributed by atoms with Gasteiger partial charge in [0.25, 0.3) is 0 Å². The third-order valence-corrected chi connectivity index (χ3v) is 2.13. The van der Waals surface area contributed by atoms with Crippen LogP contribution in [0.1, 0.15) is 32.4 Å². The number of nitrogens with one attached hydrogen (secondary N) is 1. The summed E-state index contributed by atoms with van der Waals surface area (Å²) in [7, 11) is 0. The van der Waals surface area contributed by atoms with Crippen LogP contribution in [0.4, 0.5) is 5.82 Å². The number of hydrogen-bond donors (Lipinski definition) is 2. The van der Waals surface area contributed by atoms with Gasteiger partial charge in [0.2, 0.25) is 5.91 Å². The van der Waals surface area contributed by atoms with E-state index >= 15 is 0 Å². The summed E-state index contributed by atoms with van der Waals surface area (Å²) < 4.78 is 0. The smallest absolute Gasteiger partial charge is 0.219 e. The first-order valence-electron chi connectivity index (χ1n) is 5.47. The first kappa shape index (κ1) is 12.4. The summed E-state index contributed by atoms with van der Waals surface area (Å²) in [6, 6.07) is 1.89. The van der Waals surface area contributed by atoms with Gasteiger partial charge in [0.1, 0.15) is 12.1 Å². The van der Waals surface area contributed by atoms with E-state index in [1.54, 1.807) is 0 Å². The van der Waals surface area contributed by atoms with Crippen LogP contribution in [-0.4, -0.2) is 21.9 Å². The lowest BCUT2D eigenvalue weighted by Crippen LogP contribution is -2.24. The molecule has 1 rings (SSSR count). The zero-order valence-electron chi connectivity index (χ0n) is 9.73. The number of carbonyl (C=O) groups is 1. The summed E-state index contributed by atoms with van der Waals surface area (Å²) in [4.78, 5) is 19.0. The molecule has 0 spiro atoms. The monoisotopic (exact) mass is 222 g/mol. The van der Waals surface area contributed by atoms with Crippen LogP contribution in [-0.2, 0) is 11.2 Å². The maximum Gasteiger partial charge on any atom is 0.219 e. The Labute approximate surface area is 95.5 Å². The number of aromatic nitrogens is 2. The molecule has 1 amide bonds. The molecule has 5 heteroatoms. The van der Waals surface area contributed by atoms with Crippen molar-refractivity contribution in [3.8, 4) is 0 Å². The molecule has 0 aromatic carbocycles.